The third-order valence-electron chi connectivity index (χ3n) is 3.42. The average molecular weight is 300 g/mol. The lowest BCUT2D eigenvalue weighted by Gasteiger charge is -2.11. The Morgan fingerprint density at radius 1 is 1.09 bits per heavy atom. The zero-order chi connectivity index (χ0) is 15.4. The van der Waals surface area contributed by atoms with E-state index in [-0.39, 0.29) is 10.6 Å². The zero-order valence-corrected chi connectivity index (χ0v) is 12.0. The third kappa shape index (κ3) is 3.11. The van der Waals surface area contributed by atoms with Gasteiger partial charge in [-0.1, -0.05) is 18.2 Å². The molecule has 114 valence electrons. The molecule has 2 aromatic carbocycles. The second-order valence-corrected chi connectivity index (χ2v) is 4.95. The fourth-order valence-corrected chi connectivity index (χ4v) is 2.31. The summed E-state index contributed by atoms with van der Waals surface area (Å²) in [6.45, 7) is 1.65. The van der Waals surface area contributed by atoms with E-state index in [2.05, 4.69) is 5.32 Å². The lowest BCUT2D eigenvalue weighted by atomic mass is 10.1. The third-order valence-corrected chi connectivity index (χ3v) is 3.42. The Labute approximate surface area is 127 Å². The predicted octanol–water partition coefficient (Wildman–Crippen LogP) is 3.37. The highest BCUT2D eigenvalue weighted by Crippen LogP contribution is 2.32. The van der Waals surface area contributed by atoms with Crippen molar-refractivity contribution in [2.75, 3.05) is 18.5 Å². The van der Waals surface area contributed by atoms with Crippen LogP contribution in [0.5, 0.6) is 11.5 Å². The number of nitrogens with one attached hydrogen (secondary N) is 1. The van der Waals surface area contributed by atoms with Crippen molar-refractivity contribution in [2.45, 2.75) is 13.0 Å². The number of rotatable bonds is 4. The van der Waals surface area contributed by atoms with Crippen LogP contribution < -0.4 is 14.8 Å². The molecule has 0 amide bonds. The zero-order valence-electron chi connectivity index (χ0n) is 12.0. The van der Waals surface area contributed by atoms with Gasteiger partial charge in [-0.25, -0.2) is 0 Å². The van der Waals surface area contributed by atoms with Crippen LogP contribution in [0, 0.1) is 10.1 Å². The molecular formula is C16H16N2O4. The number of nitrogens with zero attached hydrogens (tertiary/aromatic N) is 1. The standard InChI is InChI=1S/C16H16N2O4/c19-18(20)14-5-2-1-4-12(14)11-17-13-6-7-15-16(10-13)22-9-3-8-21-15/h1-2,4-7,10,17H,3,8-9,11H2. The largest absolute Gasteiger partial charge is 0.490 e. The van der Waals surface area contributed by atoms with Crippen LogP contribution in [-0.2, 0) is 6.54 Å². The fraction of sp³-hybridized carbons (Fsp3) is 0.250. The second kappa shape index (κ2) is 6.34. The van der Waals surface area contributed by atoms with E-state index in [1.54, 1.807) is 18.2 Å². The number of hydrogen-bond donors (Lipinski definition) is 1. The first-order chi connectivity index (χ1) is 10.7. The number of fused-ring (bicyclic) bond motifs is 1. The van der Waals surface area contributed by atoms with Crippen LogP contribution in [0.1, 0.15) is 12.0 Å². The minimum atomic E-state index is -0.370. The van der Waals surface area contributed by atoms with Crippen molar-refractivity contribution in [1.82, 2.24) is 0 Å². The Balaban J connectivity index is 1.74. The first-order valence-corrected chi connectivity index (χ1v) is 7.10. The van der Waals surface area contributed by atoms with Gasteiger partial charge in [0.05, 0.1) is 18.1 Å². The van der Waals surface area contributed by atoms with Crippen LogP contribution in [0.4, 0.5) is 11.4 Å². The van der Waals surface area contributed by atoms with Gasteiger partial charge in [0, 0.05) is 36.3 Å². The summed E-state index contributed by atoms with van der Waals surface area (Å²) in [5.74, 6) is 1.43. The lowest BCUT2D eigenvalue weighted by Crippen LogP contribution is -2.03. The second-order valence-electron chi connectivity index (χ2n) is 4.95. The summed E-state index contributed by atoms with van der Waals surface area (Å²) in [5.41, 5.74) is 1.59. The summed E-state index contributed by atoms with van der Waals surface area (Å²) in [7, 11) is 0. The highest BCUT2D eigenvalue weighted by molar-refractivity contribution is 5.55. The number of anilines is 1. The van der Waals surface area contributed by atoms with E-state index in [1.807, 2.05) is 18.2 Å². The molecule has 1 heterocycles. The van der Waals surface area contributed by atoms with Gasteiger partial charge in [-0.3, -0.25) is 10.1 Å². The molecule has 0 fully saturated rings. The molecule has 0 radical (unpaired) electrons. The molecule has 0 unspecified atom stereocenters. The number of benzene rings is 2. The summed E-state index contributed by atoms with van der Waals surface area (Å²) in [6.07, 6.45) is 0.855. The quantitative estimate of drug-likeness (QED) is 0.692. The van der Waals surface area contributed by atoms with E-state index in [9.17, 15) is 10.1 Å². The van der Waals surface area contributed by atoms with Crippen LogP contribution in [0.2, 0.25) is 0 Å². The van der Waals surface area contributed by atoms with Crippen LogP contribution >= 0.6 is 0 Å². The Bertz CT molecular complexity index is 688. The van der Waals surface area contributed by atoms with E-state index in [1.165, 1.54) is 6.07 Å². The molecule has 1 aliphatic heterocycles. The minimum absolute atomic E-state index is 0.115. The Morgan fingerprint density at radius 2 is 1.86 bits per heavy atom. The Hall–Kier alpha value is -2.76. The molecular weight excluding hydrogens is 284 g/mol. The molecule has 1 N–H and O–H groups in total. The molecule has 22 heavy (non-hydrogen) atoms. The molecule has 6 heteroatoms. The van der Waals surface area contributed by atoms with E-state index < -0.39 is 0 Å². The van der Waals surface area contributed by atoms with Crippen molar-refractivity contribution in [1.29, 1.82) is 0 Å². The molecule has 0 aliphatic carbocycles. The van der Waals surface area contributed by atoms with Crippen molar-refractivity contribution < 1.29 is 14.4 Å². The molecule has 0 aromatic heterocycles. The smallest absolute Gasteiger partial charge is 0.274 e. The summed E-state index contributed by atoms with van der Waals surface area (Å²) in [5, 5.41) is 14.2. The van der Waals surface area contributed by atoms with Crippen LogP contribution in [0.3, 0.4) is 0 Å². The molecule has 2 aromatic rings. The van der Waals surface area contributed by atoms with Gasteiger partial charge in [0.25, 0.3) is 5.69 Å². The molecule has 6 nitrogen and oxygen atoms in total. The average Bonchev–Trinajstić information content (AvgIpc) is 2.77. The maximum atomic E-state index is 11.0. The van der Waals surface area contributed by atoms with Gasteiger partial charge in [0.2, 0.25) is 0 Å². The first-order valence-electron chi connectivity index (χ1n) is 7.10. The van der Waals surface area contributed by atoms with Crippen molar-refractivity contribution in [3.63, 3.8) is 0 Å². The van der Waals surface area contributed by atoms with Crippen LogP contribution in [0.15, 0.2) is 42.5 Å². The fourth-order valence-electron chi connectivity index (χ4n) is 2.31. The lowest BCUT2D eigenvalue weighted by molar-refractivity contribution is -0.385. The highest BCUT2D eigenvalue weighted by Gasteiger charge is 2.13. The number of nitro groups is 1. The molecule has 0 bridgehead atoms. The Kier molecular flexibility index (Phi) is 4.09. The maximum absolute atomic E-state index is 11.0. The van der Waals surface area contributed by atoms with Gasteiger partial charge in [0.15, 0.2) is 11.5 Å². The summed E-state index contributed by atoms with van der Waals surface area (Å²) in [6, 6.07) is 12.3. The SMILES string of the molecule is O=[N+]([O-])c1ccccc1CNc1ccc2c(c1)OCCCO2. The number of nitro benzene ring substituents is 1. The monoisotopic (exact) mass is 300 g/mol. The maximum Gasteiger partial charge on any atom is 0.274 e. The molecule has 0 atom stereocenters. The van der Waals surface area contributed by atoms with Crippen molar-refractivity contribution in [2.24, 2.45) is 0 Å². The van der Waals surface area contributed by atoms with Gasteiger partial charge in [-0.15, -0.1) is 0 Å². The van der Waals surface area contributed by atoms with E-state index in [0.29, 0.717) is 31.1 Å². The van der Waals surface area contributed by atoms with Crippen molar-refractivity contribution in [3.8, 4) is 11.5 Å². The summed E-state index contributed by atoms with van der Waals surface area (Å²) < 4.78 is 11.2. The van der Waals surface area contributed by atoms with E-state index in [4.69, 9.17) is 9.47 Å². The minimum Gasteiger partial charge on any atom is -0.490 e. The van der Waals surface area contributed by atoms with Crippen molar-refractivity contribution in [3.05, 3.63) is 58.1 Å². The predicted molar refractivity (Wildman–Crippen MR) is 82.5 cm³/mol. The molecule has 3 rings (SSSR count). The van der Waals surface area contributed by atoms with Crippen LogP contribution in [-0.4, -0.2) is 18.1 Å². The summed E-state index contributed by atoms with van der Waals surface area (Å²) in [4.78, 5) is 10.6. The van der Waals surface area contributed by atoms with Gasteiger partial charge in [-0.2, -0.15) is 0 Å². The molecule has 0 saturated carbocycles. The molecule has 0 spiro atoms. The van der Waals surface area contributed by atoms with Gasteiger partial charge in [-0.05, 0) is 12.1 Å². The topological polar surface area (TPSA) is 73.6 Å². The normalized spacial score (nSPS) is 13.3. The Morgan fingerprint density at radius 3 is 2.68 bits per heavy atom. The number of ether oxygens (including phenoxy) is 2. The molecule has 0 saturated heterocycles. The van der Waals surface area contributed by atoms with E-state index >= 15 is 0 Å². The van der Waals surface area contributed by atoms with Gasteiger partial charge >= 0.3 is 0 Å². The first kappa shape index (κ1) is 14.2. The molecule has 1 aliphatic rings. The van der Waals surface area contributed by atoms with E-state index in [0.717, 1.165) is 17.9 Å². The number of hydrogen-bond acceptors (Lipinski definition) is 5. The van der Waals surface area contributed by atoms with Crippen molar-refractivity contribution >= 4 is 11.4 Å². The van der Waals surface area contributed by atoms with Gasteiger partial charge < -0.3 is 14.8 Å². The van der Waals surface area contributed by atoms with Gasteiger partial charge in [0.1, 0.15) is 0 Å². The number of para-hydroxylation sites is 1. The summed E-state index contributed by atoms with van der Waals surface area (Å²) >= 11 is 0. The highest BCUT2D eigenvalue weighted by atomic mass is 16.6. The van der Waals surface area contributed by atoms with Crippen LogP contribution in [0.25, 0.3) is 0 Å².